The predicted octanol–water partition coefficient (Wildman–Crippen LogP) is 4.90. The van der Waals surface area contributed by atoms with Crippen LogP contribution in [0.15, 0.2) is 95.9 Å². The summed E-state index contributed by atoms with van der Waals surface area (Å²) in [5.74, 6) is 0.230. The quantitative estimate of drug-likeness (QED) is 0.454. The molecule has 7 heteroatoms. The Morgan fingerprint density at radius 2 is 1.55 bits per heavy atom. The van der Waals surface area contributed by atoms with Crippen LogP contribution in [0.1, 0.15) is 10.4 Å². The summed E-state index contributed by atoms with van der Waals surface area (Å²) in [5.41, 5.74) is 1.32. The summed E-state index contributed by atoms with van der Waals surface area (Å²) >= 11 is 0. The summed E-state index contributed by atoms with van der Waals surface area (Å²) < 4.78 is 32.9. The maximum atomic E-state index is 12.8. The van der Waals surface area contributed by atoms with Crippen LogP contribution < -0.4 is 14.8 Å². The van der Waals surface area contributed by atoms with Gasteiger partial charge in [-0.1, -0.05) is 42.5 Å². The normalized spacial score (nSPS) is 11.1. The molecular formula is C24H20N2O4S. The molecule has 0 aliphatic heterocycles. The SMILES string of the molecule is COc1ccc(S(=O)(=O)Nc2cccc(C(=O)Nc3cccc4ccccc34)c2)cc1. The molecule has 156 valence electrons. The lowest BCUT2D eigenvalue weighted by atomic mass is 10.1. The third-order valence-electron chi connectivity index (χ3n) is 4.78. The maximum absolute atomic E-state index is 12.8. The number of nitrogens with one attached hydrogen (secondary N) is 2. The van der Waals surface area contributed by atoms with Gasteiger partial charge < -0.3 is 10.1 Å². The van der Waals surface area contributed by atoms with E-state index in [0.717, 1.165) is 10.8 Å². The third-order valence-corrected chi connectivity index (χ3v) is 6.18. The van der Waals surface area contributed by atoms with Crippen LogP contribution in [0.2, 0.25) is 0 Å². The Morgan fingerprint density at radius 1 is 0.839 bits per heavy atom. The topological polar surface area (TPSA) is 84.5 Å². The number of rotatable bonds is 6. The first-order valence-corrected chi connectivity index (χ1v) is 11.0. The number of carbonyl (C=O) groups excluding carboxylic acids is 1. The van der Waals surface area contributed by atoms with E-state index in [2.05, 4.69) is 10.0 Å². The Balaban J connectivity index is 1.55. The molecule has 0 bridgehead atoms. The van der Waals surface area contributed by atoms with Crippen LogP contribution in [-0.4, -0.2) is 21.4 Å². The van der Waals surface area contributed by atoms with Crippen molar-refractivity contribution in [2.45, 2.75) is 4.90 Å². The molecule has 0 atom stereocenters. The maximum Gasteiger partial charge on any atom is 0.261 e. The minimum Gasteiger partial charge on any atom is -0.497 e. The van der Waals surface area contributed by atoms with Gasteiger partial charge in [0.15, 0.2) is 0 Å². The van der Waals surface area contributed by atoms with E-state index >= 15 is 0 Å². The molecule has 1 amide bonds. The lowest BCUT2D eigenvalue weighted by Gasteiger charge is -2.11. The number of anilines is 2. The first kappa shape index (κ1) is 20.4. The highest BCUT2D eigenvalue weighted by Gasteiger charge is 2.16. The van der Waals surface area contributed by atoms with Gasteiger partial charge in [0.1, 0.15) is 5.75 Å². The zero-order valence-electron chi connectivity index (χ0n) is 16.7. The minimum absolute atomic E-state index is 0.0962. The van der Waals surface area contributed by atoms with Gasteiger partial charge in [0.2, 0.25) is 0 Å². The van der Waals surface area contributed by atoms with E-state index in [-0.39, 0.29) is 10.8 Å². The summed E-state index contributed by atoms with van der Waals surface area (Å²) in [6, 6.07) is 25.8. The summed E-state index contributed by atoms with van der Waals surface area (Å²) in [7, 11) is -2.30. The number of methoxy groups -OCH3 is 1. The zero-order chi connectivity index (χ0) is 21.8. The molecular weight excluding hydrogens is 412 g/mol. The van der Waals surface area contributed by atoms with Crippen molar-refractivity contribution < 1.29 is 17.9 Å². The van der Waals surface area contributed by atoms with E-state index < -0.39 is 10.0 Å². The van der Waals surface area contributed by atoms with E-state index in [0.29, 0.717) is 22.7 Å². The Morgan fingerprint density at radius 3 is 2.32 bits per heavy atom. The van der Waals surface area contributed by atoms with Crippen molar-refractivity contribution in [1.29, 1.82) is 0 Å². The van der Waals surface area contributed by atoms with Gasteiger partial charge in [-0.2, -0.15) is 0 Å². The number of sulfonamides is 1. The number of hydrogen-bond donors (Lipinski definition) is 2. The number of benzene rings is 4. The van der Waals surface area contributed by atoms with Crippen molar-refractivity contribution >= 4 is 38.1 Å². The Kier molecular flexibility index (Phi) is 5.60. The van der Waals surface area contributed by atoms with Gasteiger partial charge in [-0.05, 0) is 53.9 Å². The van der Waals surface area contributed by atoms with Gasteiger partial charge in [0, 0.05) is 22.3 Å². The minimum atomic E-state index is -3.81. The molecule has 0 heterocycles. The van der Waals surface area contributed by atoms with Gasteiger partial charge in [0.05, 0.1) is 12.0 Å². The fourth-order valence-corrected chi connectivity index (χ4v) is 4.27. The number of hydrogen-bond acceptors (Lipinski definition) is 4. The van der Waals surface area contributed by atoms with Crippen LogP contribution in [0.5, 0.6) is 5.75 Å². The van der Waals surface area contributed by atoms with Gasteiger partial charge in [-0.15, -0.1) is 0 Å². The summed E-state index contributed by atoms with van der Waals surface area (Å²) in [5, 5.41) is 4.85. The van der Waals surface area contributed by atoms with Crippen LogP contribution in [-0.2, 0) is 10.0 Å². The van der Waals surface area contributed by atoms with Gasteiger partial charge in [-0.25, -0.2) is 8.42 Å². The summed E-state index contributed by atoms with van der Waals surface area (Å²) in [6.07, 6.45) is 0. The molecule has 0 fully saturated rings. The Labute approximate surface area is 180 Å². The lowest BCUT2D eigenvalue weighted by Crippen LogP contribution is -2.15. The second-order valence-corrected chi connectivity index (χ2v) is 8.53. The second kappa shape index (κ2) is 8.49. The van der Waals surface area contributed by atoms with Crippen molar-refractivity contribution in [3.05, 3.63) is 96.6 Å². The largest absolute Gasteiger partial charge is 0.497 e. The number of fused-ring (bicyclic) bond motifs is 1. The van der Waals surface area contributed by atoms with E-state index in [1.807, 2.05) is 42.5 Å². The molecule has 0 aliphatic carbocycles. The second-order valence-electron chi connectivity index (χ2n) is 6.84. The van der Waals surface area contributed by atoms with Gasteiger partial charge >= 0.3 is 0 Å². The number of carbonyl (C=O) groups is 1. The lowest BCUT2D eigenvalue weighted by molar-refractivity contribution is 0.102. The molecule has 2 N–H and O–H groups in total. The molecule has 4 rings (SSSR count). The highest BCUT2D eigenvalue weighted by molar-refractivity contribution is 7.92. The monoisotopic (exact) mass is 432 g/mol. The zero-order valence-corrected chi connectivity index (χ0v) is 17.5. The van der Waals surface area contributed by atoms with E-state index in [9.17, 15) is 13.2 Å². The molecule has 0 saturated heterocycles. The van der Waals surface area contributed by atoms with Crippen LogP contribution >= 0.6 is 0 Å². The predicted molar refractivity (Wildman–Crippen MR) is 122 cm³/mol. The molecule has 0 saturated carbocycles. The molecule has 6 nitrogen and oxygen atoms in total. The van der Waals surface area contributed by atoms with Gasteiger partial charge in [0.25, 0.3) is 15.9 Å². The van der Waals surface area contributed by atoms with E-state index in [1.165, 1.54) is 25.3 Å². The van der Waals surface area contributed by atoms with Crippen molar-refractivity contribution in [2.75, 3.05) is 17.1 Å². The Bertz CT molecular complexity index is 1340. The molecule has 0 unspecified atom stereocenters. The third kappa shape index (κ3) is 4.51. The van der Waals surface area contributed by atoms with Crippen molar-refractivity contribution in [2.24, 2.45) is 0 Å². The smallest absolute Gasteiger partial charge is 0.261 e. The summed E-state index contributed by atoms with van der Waals surface area (Å²) in [6.45, 7) is 0. The van der Waals surface area contributed by atoms with Crippen molar-refractivity contribution in [1.82, 2.24) is 0 Å². The van der Waals surface area contributed by atoms with Crippen LogP contribution in [0.4, 0.5) is 11.4 Å². The molecule has 0 spiro atoms. The highest BCUT2D eigenvalue weighted by atomic mass is 32.2. The average molecular weight is 433 g/mol. The molecule has 31 heavy (non-hydrogen) atoms. The number of ether oxygens (including phenoxy) is 1. The van der Waals surface area contributed by atoms with Crippen LogP contribution in [0.25, 0.3) is 10.8 Å². The van der Waals surface area contributed by atoms with Crippen molar-refractivity contribution in [3.63, 3.8) is 0 Å². The van der Waals surface area contributed by atoms with Crippen molar-refractivity contribution in [3.8, 4) is 5.75 Å². The first-order valence-electron chi connectivity index (χ1n) is 9.52. The molecule has 0 aliphatic rings. The Hall–Kier alpha value is -3.84. The summed E-state index contributed by atoms with van der Waals surface area (Å²) in [4.78, 5) is 12.9. The van der Waals surface area contributed by atoms with E-state index in [1.54, 1.807) is 30.3 Å². The van der Waals surface area contributed by atoms with Gasteiger partial charge in [-0.3, -0.25) is 9.52 Å². The molecule has 4 aromatic rings. The molecule has 0 aromatic heterocycles. The number of amides is 1. The fraction of sp³-hybridized carbons (Fsp3) is 0.0417. The fourth-order valence-electron chi connectivity index (χ4n) is 3.22. The molecule has 4 aromatic carbocycles. The van der Waals surface area contributed by atoms with E-state index in [4.69, 9.17) is 4.74 Å². The van der Waals surface area contributed by atoms with Crippen LogP contribution in [0.3, 0.4) is 0 Å². The highest BCUT2D eigenvalue weighted by Crippen LogP contribution is 2.24. The average Bonchev–Trinajstić information content (AvgIpc) is 2.79. The first-order chi connectivity index (χ1) is 15.0. The molecule has 0 radical (unpaired) electrons. The van der Waals surface area contributed by atoms with Crippen LogP contribution in [0, 0.1) is 0 Å². The standard InChI is InChI=1S/C24H20N2O4S/c1-30-20-12-14-21(15-13-20)31(28,29)26-19-9-4-8-18(16-19)24(27)25-23-11-5-7-17-6-2-3-10-22(17)23/h2-16,26H,1H3,(H,25,27).